The van der Waals surface area contributed by atoms with Crippen LogP contribution in [0.3, 0.4) is 0 Å². The van der Waals surface area contributed by atoms with Gasteiger partial charge in [-0.25, -0.2) is 0 Å². The third-order valence-electron chi connectivity index (χ3n) is 2.82. The highest BCUT2D eigenvalue weighted by atomic mass is 16.4. The predicted molar refractivity (Wildman–Crippen MR) is 74.1 cm³/mol. The third-order valence-corrected chi connectivity index (χ3v) is 2.82. The molecule has 0 heterocycles. The lowest BCUT2D eigenvalue weighted by molar-refractivity contribution is -0.139. The van der Waals surface area contributed by atoms with Gasteiger partial charge in [0, 0.05) is 25.3 Å². The molecule has 0 aliphatic heterocycles. The molecule has 0 spiro atoms. The summed E-state index contributed by atoms with van der Waals surface area (Å²) in [5.41, 5.74) is 2.21. The Balaban J connectivity index is 2.75. The number of hydrogen-bond acceptors (Lipinski definition) is 3. The Hall–Kier alpha value is -1.55. The Morgan fingerprint density at radius 1 is 1.39 bits per heavy atom. The fourth-order valence-electron chi connectivity index (χ4n) is 1.97. The normalized spacial score (nSPS) is 12.5. The molecule has 0 aliphatic carbocycles. The molecule has 0 radical (unpaired) electrons. The van der Waals surface area contributed by atoms with Gasteiger partial charge in [0.25, 0.3) is 0 Å². The number of aliphatic carboxylic acids is 1. The van der Waals surface area contributed by atoms with Crippen LogP contribution in [0.1, 0.15) is 19.4 Å². The number of benzene rings is 1. The van der Waals surface area contributed by atoms with Crippen molar-refractivity contribution in [2.24, 2.45) is 0 Å². The van der Waals surface area contributed by atoms with Crippen molar-refractivity contribution in [2.75, 3.05) is 18.5 Å². The van der Waals surface area contributed by atoms with Crippen LogP contribution in [-0.4, -0.2) is 36.8 Å². The molecule has 18 heavy (non-hydrogen) atoms. The molecule has 4 nitrogen and oxygen atoms in total. The van der Waals surface area contributed by atoms with Gasteiger partial charge < -0.3 is 15.3 Å². The first kappa shape index (κ1) is 14.5. The highest BCUT2D eigenvalue weighted by Crippen LogP contribution is 2.17. The number of likely N-dealkylation sites (N-methyl/N-ethyl adjacent to an activating group) is 1. The first-order chi connectivity index (χ1) is 8.41. The average molecular weight is 250 g/mol. The quantitative estimate of drug-likeness (QED) is 0.809. The number of para-hydroxylation sites is 1. The van der Waals surface area contributed by atoms with Crippen LogP contribution in [0.4, 0.5) is 5.69 Å². The van der Waals surface area contributed by atoms with Crippen molar-refractivity contribution in [1.29, 1.82) is 0 Å². The van der Waals surface area contributed by atoms with Gasteiger partial charge in [0.1, 0.15) is 6.04 Å². The maximum absolute atomic E-state index is 11.2. The fourth-order valence-corrected chi connectivity index (χ4v) is 1.97. The zero-order chi connectivity index (χ0) is 13.7. The largest absolute Gasteiger partial charge is 0.480 e. The predicted octanol–water partition coefficient (Wildman–Crippen LogP) is 1.88. The van der Waals surface area contributed by atoms with Crippen LogP contribution in [0.2, 0.25) is 0 Å². The number of nitrogens with one attached hydrogen (secondary N) is 1. The van der Waals surface area contributed by atoms with E-state index in [1.165, 1.54) is 0 Å². The third kappa shape index (κ3) is 4.04. The second kappa shape index (κ2) is 6.40. The Bertz CT molecular complexity index is 405. The number of carboxylic acids is 1. The molecular formula is C14H22N2O2. The van der Waals surface area contributed by atoms with E-state index < -0.39 is 12.0 Å². The Morgan fingerprint density at radius 2 is 2.00 bits per heavy atom. The summed E-state index contributed by atoms with van der Waals surface area (Å²) in [6.07, 6.45) is 0. The lowest BCUT2D eigenvalue weighted by Gasteiger charge is -2.26. The van der Waals surface area contributed by atoms with Gasteiger partial charge in [-0.1, -0.05) is 32.0 Å². The first-order valence-electron chi connectivity index (χ1n) is 6.17. The number of rotatable bonds is 6. The van der Waals surface area contributed by atoms with Gasteiger partial charge in [0.15, 0.2) is 0 Å². The van der Waals surface area contributed by atoms with Crippen LogP contribution < -0.4 is 10.2 Å². The second-order valence-electron chi connectivity index (χ2n) is 4.88. The van der Waals surface area contributed by atoms with Crippen LogP contribution in [-0.2, 0) is 4.79 Å². The summed E-state index contributed by atoms with van der Waals surface area (Å²) in [7, 11) is 1.92. The van der Waals surface area contributed by atoms with E-state index in [0.717, 1.165) is 11.3 Å². The number of carbonyl (C=O) groups is 1. The van der Waals surface area contributed by atoms with E-state index in [9.17, 15) is 9.90 Å². The number of aryl methyl sites for hydroxylation is 1. The maximum Gasteiger partial charge on any atom is 0.322 e. The van der Waals surface area contributed by atoms with Crippen molar-refractivity contribution in [3.8, 4) is 0 Å². The monoisotopic (exact) mass is 250 g/mol. The maximum atomic E-state index is 11.2. The molecule has 1 rings (SSSR count). The van der Waals surface area contributed by atoms with E-state index in [0.29, 0.717) is 6.54 Å². The van der Waals surface area contributed by atoms with E-state index >= 15 is 0 Å². The Labute approximate surface area is 109 Å². The molecule has 100 valence electrons. The van der Waals surface area contributed by atoms with Crippen molar-refractivity contribution in [3.05, 3.63) is 29.8 Å². The van der Waals surface area contributed by atoms with E-state index in [4.69, 9.17) is 0 Å². The van der Waals surface area contributed by atoms with Gasteiger partial charge in [0.05, 0.1) is 0 Å². The summed E-state index contributed by atoms with van der Waals surface area (Å²) in [4.78, 5) is 13.2. The molecule has 4 heteroatoms. The van der Waals surface area contributed by atoms with E-state index in [2.05, 4.69) is 5.32 Å². The topological polar surface area (TPSA) is 52.6 Å². The molecule has 0 aromatic heterocycles. The van der Waals surface area contributed by atoms with Crippen LogP contribution in [0.15, 0.2) is 24.3 Å². The summed E-state index contributed by atoms with van der Waals surface area (Å²) in [5.74, 6) is -0.816. The summed E-state index contributed by atoms with van der Waals surface area (Å²) >= 11 is 0. The van der Waals surface area contributed by atoms with Crippen LogP contribution in [0, 0.1) is 6.92 Å². The lowest BCUT2D eigenvalue weighted by atomic mass is 10.1. The SMILES string of the molecule is Cc1ccccc1N(C)CC(NC(C)C)C(=O)O. The molecule has 2 N–H and O–H groups in total. The molecule has 0 saturated heterocycles. The van der Waals surface area contributed by atoms with Crippen LogP contribution in [0.5, 0.6) is 0 Å². The average Bonchev–Trinajstić information content (AvgIpc) is 2.27. The highest BCUT2D eigenvalue weighted by Gasteiger charge is 2.20. The zero-order valence-corrected chi connectivity index (χ0v) is 11.5. The van der Waals surface area contributed by atoms with Gasteiger partial charge in [-0.3, -0.25) is 4.79 Å². The number of anilines is 1. The number of hydrogen-bond donors (Lipinski definition) is 2. The summed E-state index contributed by atoms with van der Waals surface area (Å²) < 4.78 is 0. The van der Waals surface area contributed by atoms with Gasteiger partial charge in [-0.2, -0.15) is 0 Å². The van der Waals surface area contributed by atoms with Crippen molar-refractivity contribution in [2.45, 2.75) is 32.9 Å². The highest BCUT2D eigenvalue weighted by molar-refractivity contribution is 5.74. The molecule has 0 saturated carbocycles. The molecule has 1 atom stereocenters. The Morgan fingerprint density at radius 3 is 2.50 bits per heavy atom. The molecular weight excluding hydrogens is 228 g/mol. The van der Waals surface area contributed by atoms with Crippen LogP contribution in [0.25, 0.3) is 0 Å². The molecule has 0 bridgehead atoms. The summed E-state index contributed by atoms with van der Waals surface area (Å²) in [6.45, 7) is 6.36. The van der Waals surface area contributed by atoms with Gasteiger partial charge in [-0.05, 0) is 18.6 Å². The van der Waals surface area contributed by atoms with Gasteiger partial charge in [0.2, 0.25) is 0 Å². The van der Waals surface area contributed by atoms with Gasteiger partial charge in [-0.15, -0.1) is 0 Å². The van der Waals surface area contributed by atoms with Crippen molar-refractivity contribution >= 4 is 11.7 Å². The standard InChI is InChI=1S/C14H22N2O2/c1-10(2)15-12(14(17)18)9-16(4)13-8-6-5-7-11(13)3/h5-8,10,12,15H,9H2,1-4H3,(H,17,18). The smallest absolute Gasteiger partial charge is 0.322 e. The molecule has 1 aromatic carbocycles. The molecule has 0 aliphatic rings. The number of carboxylic acid groups (broad SMARTS) is 1. The lowest BCUT2D eigenvalue weighted by Crippen LogP contribution is -2.48. The molecule has 1 unspecified atom stereocenters. The van der Waals surface area contributed by atoms with E-state index in [1.54, 1.807) is 0 Å². The zero-order valence-electron chi connectivity index (χ0n) is 11.5. The second-order valence-corrected chi connectivity index (χ2v) is 4.88. The Kier molecular flexibility index (Phi) is 5.16. The minimum atomic E-state index is -0.816. The molecule has 1 aromatic rings. The molecule has 0 fully saturated rings. The fraction of sp³-hybridized carbons (Fsp3) is 0.500. The molecule has 0 amide bonds. The first-order valence-corrected chi connectivity index (χ1v) is 6.17. The van der Waals surface area contributed by atoms with Crippen molar-refractivity contribution in [3.63, 3.8) is 0 Å². The van der Waals surface area contributed by atoms with Gasteiger partial charge >= 0.3 is 5.97 Å². The summed E-state index contributed by atoms with van der Waals surface area (Å²) in [6, 6.07) is 7.56. The number of nitrogens with zero attached hydrogens (tertiary/aromatic N) is 1. The van der Waals surface area contributed by atoms with E-state index in [1.807, 2.05) is 57.0 Å². The van der Waals surface area contributed by atoms with E-state index in [-0.39, 0.29) is 6.04 Å². The minimum absolute atomic E-state index is 0.149. The van der Waals surface area contributed by atoms with Crippen molar-refractivity contribution in [1.82, 2.24) is 5.32 Å². The van der Waals surface area contributed by atoms with Crippen LogP contribution >= 0.6 is 0 Å². The van der Waals surface area contributed by atoms with Crippen molar-refractivity contribution < 1.29 is 9.90 Å². The minimum Gasteiger partial charge on any atom is -0.480 e. The summed E-state index contributed by atoms with van der Waals surface area (Å²) in [5, 5.41) is 12.3.